The summed E-state index contributed by atoms with van der Waals surface area (Å²) < 4.78 is 5.52. The predicted octanol–water partition coefficient (Wildman–Crippen LogP) is 3.19. The summed E-state index contributed by atoms with van der Waals surface area (Å²) in [5, 5.41) is 13.9. The minimum atomic E-state index is -0.398. The molecule has 0 saturated carbocycles. The van der Waals surface area contributed by atoms with E-state index in [1.54, 1.807) is 12.1 Å². The van der Waals surface area contributed by atoms with E-state index in [4.69, 9.17) is 16.3 Å². The molecule has 0 aliphatic rings. The lowest BCUT2D eigenvalue weighted by Crippen LogP contribution is -2.25. The van der Waals surface area contributed by atoms with Gasteiger partial charge in [-0.15, -0.1) is 0 Å². The highest BCUT2D eigenvalue weighted by molar-refractivity contribution is 6.30. The molecule has 0 aliphatic heterocycles. The molecule has 2 aromatic rings. The maximum absolute atomic E-state index is 11.7. The highest BCUT2D eigenvalue weighted by atomic mass is 35.5. The number of amides is 1. The van der Waals surface area contributed by atoms with Gasteiger partial charge < -0.3 is 9.84 Å². The van der Waals surface area contributed by atoms with Crippen molar-refractivity contribution in [1.29, 1.82) is 0 Å². The van der Waals surface area contributed by atoms with Gasteiger partial charge in [-0.1, -0.05) is 29.8 Å². The van der Waals surface area contributed by atoms with Crippen LogP contribution in [0.4, 0.5) is 0 Å². The van der Waals surface area contributed by atoms with Crippen LogP contribution in [0, 0.1) is 13.8 Å². The van der Waals surface area contributed by atoms with Crippen LogP contribution in [0.1, 0.15) is 16.7 Å². The Bertz CT molecular complexity index is 724. The number of rotatable bonds is 5. The highest BCUT2D eigenvalue weighted by Gasteiger charge is 2.06. The van der Waals surface area contributed by atoms with Crippen molar-refractivity contribution < 1.29 is 14.6 Å². The number of carbonyl (C=O) groups excluding carboxylic acids is 1. The van der Waals surface area contributed by atoms with Gasteiger partial charge in [-0.2, -0.15) is 5.10 Å². The van der Waals surface area contributed by atoms with Gasteiger partial charge >= 0.3 is 0 Å². The first kappa shape index (κ1) is 16.8. The monoisotopic (exact) mass is 332 g/mol. The summed E-state index contributed by atoms with van der Waals surface area (Å²) in [6.07, 6.45) is 1.32. The molecule has 0 bridgehead atoms. The summed E-state index contributed by atoms with van der Waals surface area (Å²) in [6, 6.07) is 10.3. The number of hydrazone groups is 1. The number of halogens is 1. The molecule has 1 amide bonds. The molecule has 0 aromatic heterocycles. The Morgan fingerprint density at radius 3 is 2.70 bits per heavy atom. The van der Waals surface area contributed by atoms with Crippen LogP contribution in [0.15, 0.2) is 41.5 Å². The van der Waals surface area contributed by atoms with Crippen molar-refractivity contribution in [2.24, 2.45) is 5.10 Å². The van der Waals surface area contributed by atoms with Crippen LogP contribution in [0.25, 0.3) is 0 Å². The normalized spacial score (nSPS) is 10.7. The highest BCUT2D eigenvalue weighted by Crippen LogP contribution is 2.22. The molecule has 0 radical (unpaired) electrons. The van der Waals surface area contributed by atoms with Gasteiger partial charge in [0, 0.05) is 10.6 Å². The standard InChI is InChI=1S/C17H17ClN2O3/c1-11-4-3-5-12(2)17(11)23-10-16(22)20-19-9-13-8-14(18)6-7-15(13)21/h3-9,21H,10H2,1-2H3,(H,20,22)/b19-9+. The Kier molecular flexibility index (Phi) is 5.60. The molecule has 0 aliphatic carbocycles. The molecule has 5 nitrogen and oxygen atoms in total. The Labute approximate surface area is 139 Å². The Hall–Kier alpha value is -2.53. The van der Waals surface area contributed by atoms with E-state index in [-0.39, 0.29) is 12.4 Å². The lowest BCUT2D eigenvalue weighted by molar-refractivity contribution is -0.123. The third-order valence-corrected chi connectivity index (χ3v) is 3.37. The molecule has 120 valence electrons. The maximum atomic E-state index is 11.7. The van der Waals surface area contributed by atoms with Gasteiger partial charge in [0.05, 0.1) is 6.21 Å². The fraction of sp³-hybridized carbons (Fsp3) is 0.176. The zero-order valence-corrected chi connectivity index (χ0v) is 13.6. The molecular formula is C17H17ClN2O3. The molecule has 0 fully saturated rings. The number of hydrogen-bond donors (Lipinski definition) is 2. The molecule has 0 heterocycles. The lowest BCUT2D eigenvalue weighted by atomic mass is 10.1. The Morgan fingerprint density at radius 2 is 2.00 bits per heavy atom. The van der Waals surface area contributed by atoms with Gasteiger partial charge in [0.2, 0.25) is 0 Å². The van der Waals surface area contributed by atoms with Gasteiger partial charge in [0.1, 0.15) is 11.5 Å². The third kappa shape index (κ3) is 4.72. The van der Waals surface area contributed by atoms with E-state index in [0.717, 1.165) is 11.1 Å². The maximum Gasteiger partial charge on any atom is 0.277 e. The van der Waals surface area contributed by atoms with Crippen molar-refractivity contribution in [3.05, 3.63) is 58.1 Å². The first-order valence-electron chi connectivity index (χ1n) is 6.97. The number of benzene rings is 2. The molecule has 2 rings (SSSR count). The zero-order chi connectivity index (χ0) is 16.8. The van der Waals surface area contributed by atoms with E-state index in [2.05, 4.69) is 10.5 Å². The quantitative estimate of drug-likeness (QED) is 0.652. The predicted molar refractivity (Wildman–Crippen MR) is 90.3 cm³/mol. The van der Waals surface area contributed by atoms with Crippen molar-refractivity contribution in [3.63, 3.8) is 0 Å². The van der Waals surface area contributed by atoms with Crippen LogP contribution < -0.4 is 10.2 Å². The summed E-state index contributed by atoms with van der Waals surface area (Å²) in [5.74, 6) is 0.323. The summed E-state index contributed by atoms with van der Waals surface area (Å²) in [7, 11) is 0. The third-order valence-electron chi connectivity index (χ3n) is 3.14. The molecule has 2 aromatic carbocycles. The summed E-state index contributed by atoms with van der Waals surface area (Å²) in [6.45, 7) is 3.69. The van der Waals surface area contributed by atoms with E-state index < -0.39 is 5.91 Å². The average Bonchev–Trinajstić information content (AvgIpc) is 2.50. The van der Waals surface area contributed by atoms with Crippen LogP contribution in [-0.2, 0) is 4.79 Å². The fourth-order valence-electron chi connectivity index (χ4n) is 2.00. The number of aromatic hydroxyl groups is 1. The van der Waals surface area contributed by atoms with Crippen molar-refractivity contribution in [3.8, 4) is 11.5 Å². The number of aryl methyl sites for hydroxylation is 2. The minimum Gasteiger partial charge on any atom is -0.507 e. The molecule has 6 heteroatoms. The molecule has 0 unspecified atom stereocenters. The number of nitrogens with one attached hydrogen (secondary N) is 1. The molecule has 0 saturated heterocycles. The van der Waals surface area contributed by atoms with E-state index >= 15 is 0 Å². The largest absolute Gasteiger partial charge is 0.507 e. The molecule has 23 heavy (non-hydrogen) atoms. The second-order valence-electron chi connectivity index (χ2n) is 5.01. The van der Waals surface area contributed by atoms with E-state index in [0.29, 0.717) is 16.3 Å². The first-order valence-corrected chi connectivity index (χ1v) is 7.34. The van der Waals surface area contributed by atoms with E-state index in [9.17, 15) is 9.90 Å². The molecule has 0 atom stereocenters. The minimum absolute atomic E-state index is 0.0270. The molecule has 2 N–H and O–H groups in total. The van der Waals surface area contributed by atoms with Crippen LogP contribution in [0.2, 0.25) is 5.02 Å². The number of phenols is 1. The van der Waals surface area contributed by atoms with Crippen LogP contribution in [0.5, 0.6) is 11.5 Å². The van der Waals surface area contributed by atoms with Crippen LogP contribution >= 0.6 is 11.6 Å². The van der Waals surface area contributed by atoms with Crippen LogP contribution in [-0.4, -0.2) is 23.8 Å². The van der Waals surface area contributed by atoms with Crippen molar-refractivity contribution in [2.75, 3.05) is 6.61 Å². The van der Waals surface area contributed by atoms with Gasteiger partial charge in [-0.05, 0) is 43.2 Å². The zero-order valence-electron chi connectivity index (χ0n) is 12.8. The average molecular weight is 333 g/mol. The number of phenolic OH excluding ortho intramolecular Hbond substituents is 1. The van der Waals surface area contributed by atoms with Crippen molar-refractivity contribution in [1.82, 2.24) is 5.43 Å². The lowest BCUT2D eigenvalue weighted by Gasteiger charge is -2.10. The SMILES string of the molecule is Cc1cccc(C)c1OCC(=O)N/N=C/c1cc(Cl)ccc1O. The topological polar surface area (TPSA) is 70.9 Å². The summed E-state index contributed by atoms with van der Waals surface area (Å²) in [5.41, 5.74) is 4.68. The Morgan fingerprint density at radius 1 is 1.30 bits per heavy atom. The van der Waals surface area contributed by atoms with E-state index in [1.807, 2.05) is 32.0 Å². The van der Waals surface area contributed by atoms with Gasteiger partial charge in [0.15, 0.2) is 6.61 Å². The first-order chi connectivity index (χ1) is 11.0. The van der Waals surface area contributed by atoms with Crippen LogP contribution in [0.3, 0.4) is 0 Å². The second-order valence-corrected chi connectivity index (χ2v) is 5.44. The molecule has 0 spiro atoms. The smallest absolute Gasteiger partial charge is 0.277 e. The fourth-order valence-corrected chi connectivity index (χ4v) is 2.18. The number of carbonyl (C=O) groups is 1. The van der Waals surface area contributed by atoms with Gasteiger partial charge in [-0.3, -0.25) is 4.79 Å². The summed E-state index contributed by atoms with van der Waals surface area (Å²) in [4.78, 5) is 11.7. The Balaban J connectivity index is 1.90. The van der Waals surface area contributed by atoms with Gasteiger partial charge in [-0.25, -0.2) is 5.43 Å². The van der Waals surface area contributed by atoms with Gasteiger partial charge in [0.25, 0.3) is 5.91 Å². The number of hydrogen-bond acceptors (Lipinski definition) is 4. The van der Waals surface area contributed by atoms with Crippen molar-refractivity contribution in [2.45, 2.75) is 13.8 Å². The second kappa shape index (κ2) is 7.65. The number of nitrogens with zero attached hydrogens (tertiary/aromatic N) is 1. The van der Waals surface area contributed by atoms with E-state index in [1.165, 1.54) is 12.3 Å². The summed E-state index contributed by atoms with van der Waals surface area (Å²) >= 11 is 5.83. The number of ether oxygens (including phenoxy) is 1. The number of para-hydroxylation sites is 1. The molecular weight excluding hydrogens is 316 g/mol. The van der Waals surface area contributed by atoms with Crippen molar-refractivity contribution >= 4 is 23.7 Å².